The maximum Gasteiger partial charge on any atom is 0.193 e. The molecule has 6 nitrogen and oxygen atoms in total. The van der Waals surface area contributed by atoms with Crippen LogP contribution < -0.4 is 0 Å². The zero-order chi connectivity index (χ0) is 22.6. The SMILES string of the molecule is CC1(C)O[C@@H]2C[C@@H]3[C@@H]4C[C@H](F)C5=CC(=O)CC[C@]5(C)[C@@H]4[C@H](O)C[C@]3(C)[C@]2(C(=O)CO)O1. The van der Waals surface area contributed by atoms with E-state index in [2.05, 4.69) is 0 Å². The third kappa shape index (κ3) is 2.58. The van der Waals surface area contributed by atoms with E-state index in [0.29, 0.717) is 31.3 Å². The summed E-state index contributed by atoms with van der Waals surface area (Å²) in [5, 5.41) is 21.3. The molecular formula is C24H33FO6. The van der Waals surface area contributed by atoms with Gasteiger partial charge in [-0.1, -0.05) is 13.8 Å². The van der Waals surface area contributed by atoms with E-state index in [1.165, 1.54) is 6.08 Å². The minimum atomic E-state index is -1.35. The Morgan fingerprint density at radius 2 is 1.97 bits per heavy atom. The monoisotopic (exact) mass is 436 g/mol. The van der Waals surface area contributed by atoms with E-state index >= 15 is 4.39 Å². The number of carbonyl (C=O) groups excluding carboxylic acids is 2. The van der Waals surface area contributed by atoms with E-state index in [-0.39, 0.29) is 30.0 Å². The molecule has 0 spiro atoms. The van der Waals surface area contributed by atoms with Crippen LogP contribution in [0, 0.1) is 28.6 Å². The van der Waals surface area contributed by atoms with Gasteiger partial charge in [0.15, 0.2) is 23.0 Å². The molecule has 1 aliphatic heterocycles. The minimum absolute atomic E-state index is 0.0457. The molecule has 31 heavy (non-hydrogen) atoms. The van der Waals surface area contributed by atoms with Gasteiger partial charge in [0.2, 0.25) is 0 Å². The van der Waals surface area contributed by atoms with Crippen molar-refractivity contribution in [2.24, 2.45) is 28.6 Å². The van der Waals surface area contributed by atoms with Crippen LogP contribution >= 0.6 is 0 Å². The van der Waals surface area contributed by atoms with Crippen LogP contribution in [0.5, 0.6) is 0 Å². The lowest BCUT2D eigenvalue weighted by Gasteiger charge is -2.61. The number of fused-ring (bicyclic) bond motifs is 7. The number of aliphatic hydroxyl groups excluding tert-OH is 2. The largest absolute Gasteiger partial charge is 0.393 e. The van der Waals surface area contributed by atoms with Crippen molar-refractivity contribution >= 4 is 11.6 Å². The van der Waals surface area contributed by atoms with Crippen LogP contribution in [-0.2, 0) is 19.1 Å². The van der Waals surface area contributed by atoms with Crippen LogP contribution in [0.3, 0.4) is 0 Å². The van der Waals surface area contributed by atoms with E-state index in [4.69, 9.17) is 9.47 Å². The lowest BCUT2D eigenvalue weighted by molar-refractivity contribution is -0.228. The van der Waals surface area contributed by atoms with Gasteiger partial charge in [-0.05, 0) is 74.3 Å². The van der Waals surface area contributed by atoms with E-state index in [0.717, 1.165) is 0 Å². The molecule has 3 saturated carbocycles. The van der Waals surface area contributed by atoms with Gasteiger partial charge < -0.3 is 19.7 Å². The summed E-state index contributed by atoms with van der Waals surface area (Å²) in [4.78, 5) is 25.2. The summed E-state index contributed by atoms with van der Waals surface area (Å²) in [5.41, 5.74) is -2.19. The molecule has 1 saturated heterocycles. The van der Waals surface area contributed by atoms with Gasteiger partial charge in [0.1, 0.15) is 12.8 Å². The van der Waals surface area contributed by atoms with Gasteiger partial charge in [0, 0.05) is 11.8 Å². The molecule has 172 valence electrons. The van der Waals surface area contributed by atoms with Crippen molar-refractivity contribution in [1.29, 1.82) is 0 Å². The molecule has 5 rings (SSSR count). The average molecular weight is 437 g/mol. The molecule has 0 aromatic rings. The summed E-state index contributed by atoms with van der Waals surface area (Å²) in [6.45, 7) is 6.78. The van der Waals surface area contributed by atoms with E-state index in [1.54, 1.807) is 13.8 Å². The number of Topliss-reactive ketones (excluding diaryl/α,β-unsaturated/α-hetero) is 1. The lowest BCUT2D eigenvalue weighted by atomic mass is 9.45. The Balaban J connectivity index is 1.61. The number of carbonyl (C=O) groups is 2. The number of ether oxygens (including phenoxy) is 2. The van der Waals surface area contributed by atoms with Crippen molar-refractivity contribution in [3.05, 3.63) is 11.6 Å². The quantitative estimate of drug-likeness (QED) is 0.691. The van der Waals surface area contributed by atoms with Crippen molar-refractivity contribution in [3.8, 4) is 0 Å². The van der Waals surface area contributed by atoms with Gasteiger partial charge in [0.05, 0.1) is 12.2 Å². The fraction of sp³-hybridized carbons (Fsp3) is 0.833. The first-order chi connectivity index (χ1) is 14.4. The van der Waals surface area contributed by atoms with Gasteiger partial charge in [-0.25, -0.2) is 4.39 Å². The molecule has 0 bridgehead atoms. The first-order valence-corrected chi connectivity index (χ1v) is 11.5. The molecule has 5 aliphatic rings. The minimum Gasteiger partial charge on any atom is -0.393 e. The van der Waals surface area contributed by atoms with Crippen molar-refractivity contribution in [3.63, 3.8) is 0 Å². The Morgan fingerprint density at radius 1 is 1.26 bits per heavy atom. The Morgan fingerprint density at radius 3 is 2.65 bits per heavy atom. The second kappa shape index (κ2) is 6.46. The van der Waals surface area contributed by atoms with Crippen LogP contribution in [0.4, 0.5) is 4.39 Å². The number of alkyl halides is 1. The number of halogens is 1. The molecule has 0 unspecified atom stereocenters. The van der Waals surface area contributed by atoms with Crippen LogP contribution in [-0.4, -0.2) is 58.2 Å². The molecule has 0 amide bonds. The second-order valence-corrected chi connectivity index (χ2v) is 11.3. The highest BCUT2D eigenvalue weighted by atomic mass is 19.1. The lowest BCUT2D eigenvalue weighted by Crippen LogP contribution is -2.64. The molecule has 0 radical (unpaired) electrons. The topological polar surface area (TPSA) is 93.1 Å². The normalized spacial score (nSPS) is 52.6. The maximum absolute atomic E-state index is 15.5. The van der Waals surface area contributed by atoms with Gasteiger partial charge >= 0.3 is 0 Å². The maximum atomic E-state index is 15.5. The Hall–Kier alpha value is -1.15. The highest BCUT2D eigenvalue weighted by molar-refractivity contribution is 5.92. The number of hydrogen-bond acceptors (Lipinski definition) is 6. The average Bonchev–Trinajstić information content (AvgIpc) is 3.08. The highest BCUT2D eigenvalue weighted by Crippen LogP contribution is 2.70. The molecule has 0 aromatic heterocycles. The van der Waals surface area contributed by atoms with E-state index < -0.39 is 53.0 Å². The summed E-state index contributed by atoms with van der Waals surface area (Å²) >= 11 is 0. The summed E-state index contributed by atoms with van der Waals surface area (Å²) in [5.74, 6) is -1.90. The van der Waals surface area contributed by atoms with Gasteiger partial charge in [-0.2, -0.15) is 0 Å². The van der Waals surface area contributed by atoms with Crippen LogP contribution in [0.1, 0.15) is 59.8 Å². The number of hydrogen-bond donors (Lipinski definition) is 2. The third-order valence-corrected chi connectivity index (χ3v) is 9.42. The van der Waals surface area contributed by atoms with Crippen molar-refractivity contribution in [2.45, 2.75) is 89.6 Å². The Kier molecular flexibility index (Phi) is 4.52. The first kappa shape index (κ1) is 21.7. The molecular weight excluding hydrogens is 403 g/mol. The number of aliphatic hydroxyl groups is 2. The zero-order valence-corrected chi connectivity index (χ0v) is 18.7. The predicted octanol–water partition coefficient (Wildman–Crippen LogP) is 2.50. The standard InChI is InChI=1S/C24H33FO6/c1-21(2)30-19-9-14-13-8-16(25)15-7-12(27)5-6-22(15,3)20(13)17(28)10-23(14,4)24(19,31-21)18(29)11-26/h7,13-14,16-17,19-20,26,28H,5-6,8-11H2,1-4H3/t13-,14+,16-,17+,19+,20-,22-,23-,24+/m0/s1. The van der Waals surface area contributed by atoms with Gasteiger partial charge in [0.25, 0.3) is 0 Å². The smallest absolute Gasteiger partial charge is 0.193 e. The zero-order valence-electron chi connectivity index (χ0n) is 18.7. The fourth-order valence-electron chi connectivity index (χ4n) is 8.41. The summed E-state index contributed by atoms with van der Waals surface area (Å²) in [6, 6.07) is 0. The molecule has 1 heterocycles. The molecule has 4 aliphatic carbocycles. The van der Waals surface area contributed by atoms with Gasteiger partial charge in [-0.3, -0.25) is 9.59 Å². The summed E-state index contributed by atoms with van der Waals surface area (Å²) in [6.07, 6.45) is 0.872. The van der Waals surface area contributed by atoms with E-state index in [1.807, 2.05) is 13.8 Å². The fourth-order valence-corrected chi connectivity index (χ4v) is 8.41. The second-order valence-electron chi connectivity index (χ2n) is 11.3. The molecule has 2 N–H and O–H groups in total. The Bertz CT molecular complexity index is 868. The first-order valence-electron chi connectivity index (χ1n) is 11.5. The molecule has 9 atom stereocenters. The molecule has 0 aromatic carbocycles. The van der Waals surface area contributed by atoms with Crippen molar-refractivity contribution in [2.75, 3.05) is 6.61 Å². The summed E-state index contributed by atoms with van der Waals surface area (Å²) in [7, 11) is 0. The van der Waals surface area contributed by atoms with Gasteiger partial charge in [-0.15, -0.1) is 0 Å². The van der Waals surface area contributed by atoms with Crippen LogP contribution in [0.2, 0.25) is 0 Å². The number of allylic oxidation sites excluding steroid dienone is 1. The number of ketones is 2. The van der Waals surface area contributed by atoms with E-state index in [9.17, 15) is 19.8 Å². The predicted molar refractivity (Wildman–Crippen MR) is 109 cm³/mol. The highest BCUT2D eigenvalue weighted by Gasteiger charge is 2.77. The van der Waals surface area contributed by atoms with Crippen molar-refractivity contribution < 1.29 is 33.7 Å². The number of rotatable bonds is 2. The third-order valence-electron chi connectivity index (χ3n) is 9.42. The van der Waals surface area contributed by atoms with Crippen molar-refractivity contribution in [1.82, 2.24) is 0 Å². The van der Waals surface area contributed by atoms with Crippen LogP contribution in [0.25, 0.3) is 0 Å². The molecule has 4 fully saturated rings. The Labute approximate surface area is 182 Å². The summed E-state index contributed by atoms with van der Waals surface area (Å²) < 4.78 is 27.9. The molecule has 7 heteroatoms. The van der Waals surface area contributed by atoms with Crippen LogP contribution in [0.15, 0.2) is 11.6 Å².